The molecule has 2 aromatic carbocycles. The molecule has 0 aromatic heterocycles. The van der Waals surface area contributed by atoms with Crippen LogP contribution in [0.25, 0.3) is 0 Å². The lowest BCUT2D eigenvalue weighted by molar-refractivity contribution is 0.0955. The summed E-state index contributed by atoms with van der Waals surface area (Å²) in [5.74, 6) is 0.287. The van der Waals surface area contributed by atoms with Crippen molar-refractivity contribution >= 4 is 40.4 Å². The standard InChI is InChI=1S/C22H26IN3O/c1-14-9-20-19(15(2)12-22(3,4)26(20)5)11-17(14)13-24-25-21(27)16-7-6-8-18(23)10-16/h6-11,13,15H,12H2,1-5H3,(H,25,27)/b24-13-. The third kappa shape index (κ3) is 4.18. The molecule has 1 unspecified atom stereocenters. The smallest absolute Gasteiger partial charge is 0.271 e. The van der Waals surface area contributed by atoms with E-state index in [2.05, 4.69) is 84.9 Å². The molecule has 1 aliphatic heterocycles. The summed E-state index contributed by atoms with van der Waals surface area (Å²) >= 11 is 2.19. The van der Waals surface area contributed by atoms with Crippen LogP contribution < -0.4 is 10.3 Å². The summed E-state index contributed by atoms with van der Waals surface area (Å²) in [5.41, 5.74) is 8.21. The van der Waals surface area contributed by atoms with Gasteiger partial charge in [-0.3, -0.25) is 4.79 Å². The fourth-order valence-corrected chi connectivity index (χ4v) is 4.27. The topological polar surface area (TPSA) is 44.7 Å². The highest BCUT2D eigenvalue weighted by molar-refractivity contribution is 14.1. The van der Waals surface area contributed by atoms with Crippen molar-refractivity contribution in [2.24, 2.45) is 5.10 Å². The van der Waals surface area contributed by atoms with Crippen LogP contribution in [-0.2, 0) is 0 Å². The maximum atomic E-state index is 12.2. The van der Waals surface area contributed by atoms with Gasteiger partial charge in [-0.25, -0.2) is 5.43 Å². The largest absolute Gasteiger partial charge is 0.369 e. The zero-order valence-corrected chi connectivity index (χ0v) is 18.7. The van der Waals surface area contributed by atoms with Gasteiger partial charge in [0.25, 0.3) is 5.91 Å². The number of fused-ring (bicyclic) bond motifs is 1. The SMILES string of the molecule is Cc1cc2c(cc1/C=N\NC(=O)c1cccc(I)c1)C(C)CC(C)(C)N2C. The Kier molecular flexibility index (Phi) is 5.60. The van der Waals surface area contributed by atoms with Crippen molar-refractivity contribution in [3.05, 3.63) is 62.2 Å². The first-order valence-corrected chi connectivity index (χ1v) is 10.2. The number of anilines is 1. The first-order chi connectivity index (χ1) is 12.7. The molecule has 0 saturated carbocycles. The molecule has 5 heteroatoms. The molecule has 27 heavy (non-hydrogen) atoms. The monoisotopic (exact) mass is 475 g/mol. The minimum absolute atomic E-state index is 0.148. The van der Waals surface area contributed by atoms with Crippen molar-refractivity contribution in [3.63, 3.8) is 0 Å². The summed E-state index contributed by atoms with van der Waals surface area (Å²) in [5, 5.41) is 4.19. The van der Waals surface area contributed by atoms with Gasteiger partial charge >= 0.3 is 0 Å². The third-order valence-corrected chi connectivity index (χ3v) is 6.15. The molecule has 4 nitrogen and oxygen atoms in total. The summed E-state index contributed by atoms with van der Waals surface area (Å²) in [6.45, 7) is 8.95. The van der Waals surface area contributed by atoms with E-state index in [0.717, 1.165) is 21.1 Å². The van der Waals surface area contributed by atoms with E-state index in [4.69, 9.17) is 0 Å². The number of carbonyl (C=O) groups excluding carboxylic acids is 1. The number of halogens is 1. The molecule has 142 valence electrons. The molecule has 0 fully saturated rings. The first kappa shape index (κ1) is 19.9. The molecule has 1 aliphatic rings. The average molecular weight is 475 g/mol. The summed E-state index contributed by atoms with van der Waals surface area (Å²) in [6, 6.07) is 11.9. The van der Waals surface area contributed by atoms with Crippen molar-refractivity contribution in [2.75, 3.05) is 11.9 Å². The fourth-order valence-electron chi connectivity index (χ4n) is 3.73. The second kappa shape index (κ2) is 7.62. The zero-order valence-electron chi connectivity index (χ0n) is 16.5. The number of hydrogen-bond acceptors (Lipinski definition) is 3. The first-order valence-electron chi connectivity index (χ1n) is 9.16. The van der Waals surface area contributed by atoms with Crippen LogP contribution in [0.3, 0.4) is 0 Å². The van der Waals surface area contributed by atoms with Crippen LogP contribution in [0.4, 0.5) is 5.69 Å². The predicted molar refractivity (Wildman–Crippen MR) is 121 cm³/mol. The number of hydrazone groups is 1. The van der Waals surface area contributed by atoms with Gasteiger partial charge in [-0.2, -0.15) is 5.10 Å². The quantitative estimate of drug-likeness (QED) is 0.382. The molecule has 1 amide bonds. The molecule has 0 aliphatic carbocycles. The van der Waals surface area contributed by atoms with E-state index >= 15 is 0 Å². The van der Waals surface area contributed by atoms with Crippen LogP contribution >= 0.6 is 22.6 Å². The van der Waals surface area contributed by atoms with E-state index in [0.29, 0.717) is 11.5 Å². The van der Waals surface area contributed by atoms with Gasteiger partial charge in [0, 0.05) is 27.4 Å². The highest BCUT2D eigenvalue weighted by Crippen LogP contribution is 2.43. The average Bonchev–Trinajstić information content (AvgIpc) is 2.60. The summed E-state index contributed by atoms with van der Waals surface area (Å²) in [7, 11) is 2.17. The Bertz CT molecular complexity index is 904. The number of nitrogens with zero attached hydrogens (tertiary/aromatic N) is 2. The maximum absolute atomic E-state index is 12.2. The molecular weight excluding hydrogens is 449 g/mol. The number of carbonyl (C=O) groups is 1. The fraction of sp³-hybridized carbons (Fsp3) is 0.364. The van der Waals surface area contributed by atoms with E-state index in [1.165, 1.54) is 11.3 Å². The molecule has 0 radical (unpaired) electrons. The van der Waals surface area contributed by atoms with Gasteiger partial charge in [0.2, 0.25) is 0 Å². The van der Waals surface area contributed by atoms with Gasteiger partial charge in [0.1, 0.15) is 0 Å². The van der Waals surface area contributed by atoms with Gasteiger partial charge in [-0.1, -0.05) is 13.0 Å². The number of rotatable bonds is 3. The summed E-state index contributed by atoms with van der Waals surface area (Å²) in [6.07, 6.45) is 2.85. The normalized spacial score (nSPS) is 18.4. The highest BCUT2D eigenvalue weighted by Gasteiger charge is 2.34. The molecule has 0 saturated heterocycles. The van der Waals surface area contributed by atoms with Gasteiger partial charge < -0.3 is 4.90 Å². The lowest BCUT2D eigenvalue weighted by Gasteiger charge is -2.45. The van der Waals surface area contributed by atoms with E-state index in [9.17, 15) is 4.79 Å². The van der Waals surface area contributed by atoms with Crippen molar-refractivity contribution in [1.29, 1.82) is 0 Å². The second-order valence-corrected chi connectivity index (χ2v) is 9.20. The van der Waals surface area contributed by atoms with E-state index < -0.39 is 0 Å². The Balaban J connectivity index is 1.81. The Morgan fingerprint density at radius 1 is 1.33 bits per heavy atom. The molecule has 1 atom stereocenters. The molecular formula is C22H26IN3O. The van der Waals surface area contributed by atoms with Crippen LogP contribution in [0.5, 0.6) is 0 Å². The number of aryl methyl sites for hydroxylation is 1. The Morgan fingerprint density at radius 2 is 2.07 bits per heavy atom. The van der Waals surface area contributed by atoms with Crippen molar-refractivity contribution < 1.29 is 4.79 Å². The number of hydrogen-bond donors (Lipinski definition) is 1. The van der Waals surface area contributed by atoms with Gasteiger partial charge in [-0.15, -0.1) is 0 Å². The van der Waals surface area contributed by atoms with Gasteiger partial charge in [0.15, 0.2) is 0 Å². The minimum Gasteiger partial charge on any atom is -0.369 e. The van der Waals surface area contributed by atoms with Crippen LogP contribution in [0.1, 0.15) is 60.2 Å². The Morgan fingerprint density at radius 3 is 2.78 bits per heavy atom. The van der Waals surface area contributed by atoms with Crippen LogP contribution in [0.2, 0.25) is 0 Å². The van der Waals surface area contributed by atoms with Crippen molar-refractivity contribution in [3.8, 4) is 0 Å². The Labute approximate surface area is 175 Å². The summed E-state index contributed by atoms with van der Waals surface area (Å²) < 4.78 is 1.02. The summed E-state index contributed by atoms with van der Waals surface area (Å²) in [4.78, 5) is 14.6. The second-order valence-electron chi connectivity index (χ2n) is 7.95. The van der Waals surface area contributed by atoms with E-state index in [1.54, 1.807) is 12.3 Å². The Hall–Kier alpha value is -1.89. The number of benzene rings is 2. The zero-order chi connectivity index (χ0) is 19.8. The highest BCUT2D eigenvalue weighted by atomic mass is 127. The van der Waals surface area contributed by atoms with Crippen LogP contribution in [0, 0.1) is 10.5 Å². The van der Waals surface area contributed by atoms with Crippen molar-refractivity contribution in [2.45, 2.75) is 45.6 Å². The van der Waals surface area contributed by atoms with Crippen LogP contribution in [-0.4, -0.2) is 24.7 Å². The molecule has 1 heterocycles. The number of amides is 1. The van der Waals surface area contributed by atoms with E-state index in [-0.39, 0.29) is 11.4 Å². The lowest BCUT2D eigenvalue weighted by atomic mass is 9.79. The van der Waals surface area contributed by atoms with Crippen LogP contribution in [0.15, 0.2) is 41.5 Å². The van der Waals surface area contributed by atoms with E-state index in [1.807, 2.05) is 18.2 Å². The molecule has 0 bridgehead atoms. The van der Waals surface area contributed by atoms with Gasteiger partial charge in [-0.05, 0) is 103 Å². The lowest BCUT2D eigenvalue weighted by Crippen LogP contribution is -2.45. The van der Waals surface area contributed by atoms with Gasteiger partial charge in [0.05, 0.1) is 6.21 Å². The molecule has 3 rings (SSSR count). The predicted octanol–water partition coefficient (Wildman–Crippen LogP) is 5.09. The van der Waals surface area contributed by atoms with Crippen molar-refractivity contribution in [1.82, 2.24) is 5.43 Å². The number of nitrogens with one attached hydrogen (secondary N) is 1. The molecule has 0 spiro atoms. The molecule has 2 aromatic rings. The molecule has 1 N–H and O–H groups in total. The maximum Gasteiger partial charge on any atom is 0.271 e. The third-order valence-electron chi connectivity index (χ3n) is 5.48. The minimum atomic E-state index is -0.199.